The minimum atomic E-state index is -0.662. The highest BCUT2D eigenvalue weighted by atomic mass is 16.3. The summed E-state index contributed by atoms with van der Waals surface area (Å²) in [5.74, 6) is -0.526. The molecule has 0 radical (unpaired) electrons. The molecule has 2 rings (SSSR count). The highest BCUT2D eigenvalue weighted by Crippen LogP contribution is 2.24. The number of rotatable bonds is 2. The van der Waals surface area contributed by atoms with E-state index in [9.17, 15) is 19.8 Å². The number of aromatic hydroxyl groups is 2. The summed E-state index contributed by atoms with van der Waals surface area (Å²) in [4.78, 5) is 27.4. The van der Waals surface area contributed by atoms with Gasteiger partial charge in [0.1, 0.15) is 17.0 Å². The second-order valence-corrected chi connectivity index (χ2v) is 4.19. The maximum Gasteiger partial charge on any atom is 0.333 e. The number of benzene rings is 1. The Balaban J connectivity index is 2.59. The van der Waals surface area contributed by atoms with E-state index in [4.69, 9.17) is 0 Å². The zero-order chi connectivity index (χ0) is 14.9. The van der Waals surface area contributed by atoms with Gasteiger partial charge in [-0.2, -0.15) is 0 Å². The van der Waals surface area contributed by atoms with Crippen LogP contribution in [0.4, 0.5) is 5.69 Å². The molecule has 0 aliphatic carbocycles. The van der Waals surface area contributed by atoms with Crippen LogP contribution in [0.2, 0.25) is 0 Å². The van der Waals surface area contributed by atoms with Crippen LogP contribution in [0, 0.1) is 0 Å². The van der Waals surface area contributed by atoms with E-state index < -0.39 is 17.1 Å². The van der Waals surface area contributed by atoms with Gasteiger partial charge >= 0.3 is 5.69 Å². The summed E-state index contributed by atoms with van der Waals surface area (Å²) in [5, 5.41) is 19.4. The van der Waals surface area contributed by atoms with Gasteiger partial charge in [0, 0.05) is 20.3 Å². The molecule has 0 aliphatic heterocycles. The van der Waals surface area contributed by atoms with Crippen LogP contribution in [0.15, 0.2) is 38.8 Å². The fraction of sp³-hybridized carbons (Fsp3) is 0.154. The van der Waals surface area contributed by atoms with Crippen LogP contribution in [0.25, 0.3) is 0 Å². The Labute approximate surface area is 113 Å². The lowest BCUT2D eigenvalue weighted by molar-refractivity contribution is 0.410. The van der Waals surface area contributed by atoms with Crippen molar-refractivity contribution >= 4 is 11.9 Å². The van der Waals surface area contributed by atoms with Gasteiger partial charge < -0.3 is 10.2 Å². The number of hydrogen-bond donors (Lipinski definition) is 2. The average Bonchev–Trinajstić information content (AvgIpc) is 2.45. The summed E-state index contributed by atoms with van der Waals surface area (Å²) in [6.07, 6.45) is 1.12. The Kier molecular flexibility index (Phi) is 3.43. The van der Waals surface area contributed by atoms with E-state index in [1.54, 1.807) is 18.2 Å². The second-order valence-electron chi connectivity index (χ2n) is 4.19. The van der Waals surface area contributed by atoms with E-state index in [-0.39, 0.29) is 17.0 Å². The Morgan fingerprint density at radius 2 is 1.75 bits per heavy atom. The van der Waals surface area contributed by atoms with Crippen molar-refractivity contribution in [1.82, 2.24) is 9.13 Å². The number of phenolic OH excluding ortho intramolecular Hbond substituents is 1. The summed E-state index contributed by atoms with van der Waals surface area (Å²) in [6.45, 7) is 0. The summed E-state index contributed by atoms with van der Waals surface area (Å²) in [5.41, 5.74) is -1.17. The van der Waals surface area contributed by atoms with Crippen LogP contribution < -0.4 is 11.2 Å². The first-order valence-corrected chi connectivity index (χ1v) is 5.74. The molecule has 2 N–H and O–H groups in total. The van der Waals surface area contributed by atoms with Crippen molar-refractivity contribution in [1.29, 1.82) is 0 Å². The molecule has 0 fully saturated rings. The number of phenols is 1. The van der Waals surface area contributed by atoms with Gasteiger partial charge in [0.15, 0.2) is 0 Å². The molecule has 20 heavy (non-hydrogen) atoms. The molecule has 104 valence electrons. The lowest BCUT2D eigenvalue weighted by atomic mass is 10.3. The number of nitrogens with zero attached hydrogens (tertiary/aromatic N) is 3. The number of para-hydroxylation sites is 2. The summed E-state index contributed by atoms with van der Waals surface area (Å²) in [6, 6.07) is 6.31. The first kappa shape index (κ1) is 13.6. The topological polar surface area (TPSA) is 96.8 Å². The molecule has 0 saturated carbocycles. The molecule has 1 aromatic carbocycles. The van der Waals surface area contributed by atoms with E-state index in [0.717, 1.165) is 15.3 Å². The molecular formula is C13H13N3O4. The van der Waals surface area contributed by atoms with Crippen LogP contribution in [0.5, 0.6) is 11.6 Å². The van der Waals surface area contributed by atoms with Gasteiger partial charge in [-0.25, -0.2) is 4.79 Å². The highest BCUT2D eigenvalue weighted by molar-refractivity contribution is 5.84. The van der Waals surface area contributed by atoms with Crippen molar-refractivity contribution in [2.45, 2.75) is 0 Å². The first-order valence-electron chi connectivity index (χ1n) is 5.74. The van der Waals surface area contributed by atoms with Crippen molar-refractivity contribution in [2.24, 2.45) is 19.1 Å². The quantitative estimate of drug-likeness (QED) is 0.767. The van der Waals surface area contributed by atoms with Gasteiger partial charge in [-0.05, 0) is 12.1 Å². The molecule has 1 heterocycles. The van der Waals surface area contributed by atoms with E-state index in [0.29, 0.717) is 0 Å². The highest BCUT2D eigenvalue weighted by Gasteiger charge is 2.12. The third kappa shape index (κ3) is 2.20. The van der Waals surface area contributed by atoms with Crippen LogP contribution >= 0.6 is 0 Å². The largest absolute Gasteiger partial charge is 0.506 e. The summed E-state index contributed by atoms with van der Waals surface area (Å²) in [7, 11) is 2.65. The van der Waals surface area contributed by atoms with E-state index in [1.165, 1.54) is 20.2 Å². The number of aromatic nitrogens is 2. The predicted molar refractivity (Wildman–Crippen MR) is 73.9 cm³/mol. The Morgan fingerprint density at radius 3 is 2.40 bits per heavy atom. The molecular weight excluding hydrogens is 262 g/mol. The predicted octanol–water partition coefficient (Wildman–Crippen LogP) is 0.246. The Hall–Kier alpha value is -2.83. The molecule has 0 atom stereocenters. The van der Waals surface area contributed by atoms with Crippen LogP contribution in [-0.2, 0) is 14.1 Å². The standard InChI is InChI=1S/C13H13N3O4/c1-15-11(18)8(12(19)16(2)13(15)20)7-14-9-5-3-4-6-10(9)17/h3-7,17-18H,1-2H3. The van der Waals surface area contributed by atoms with Gasteiger partial charge in [-0.1, -0.05) is 12.1 Å². The van der Waals surface area contributed by atoms with Gasteiger partial charge in [0.05, 0.1) is 0 Å². The Bertz CT molecular complexity index is 802. The van der Waals surface area contributed by atoms with Gasteiger partial charge in [0.25, 0.3) is 5.56 Å². The minimum absolute atomic E-state index is 0.0510. The van der Waals surface area contributed by atoms with Crippen molar-refractivity contribution in [3.8, 4) is 11.6 Å². The normalized spacial score (nSPS) is 11.1. The molecule has 0 aliphatic rings. The lowest BCUT2D eigenvalue weighted by Crippen LogP contribution is -2.38. The zero-order valence-corrected chi connectivity index (χ0v) is 10.9. The maximum absolute atomic E-state index is 11.9. The van der Waals surface area contributed by atoms with E-state index in [2.05, 4.69) is 4.99 Å². The molecule has 0 bridgehead atoms. The SMILES string of the molecule is Cn1c(O)c(C=Nc2ccccc2O)c(=O)n(C)c1=O. The molecule has 0 unspecified atom stereocenters. The van der Waals surface area contributed by atoms with E-state index in [1.807, 2.05) is 0 Å². The van der Waals surface area contributed by atoms with Gasteiger partial charge in [-0.3, -0.25) is 18.9 Å². The van der Waals surface area contributed by atoms with Crippen LogP contribution in [0.1, 0.15) is 5.56 Å². The summed E-state index contributed by atoms with van der Waals surface area (Å²) < 4.78 is 1.81. The van der Waals surface area contributed by atoms with Crippen molar-refractivity contribution in [2.75, 3.05) is 0 Å². The zero-order valence-electron chi connectivity index (χ0n) is 10.9. The first-order chi connectivity index (χ1) is 9.43. The Morgan fingerprint density at radius 1 is 1.10 bits per heavy atom. The fourth-order valence-electron chi connectivity index (χ4n) is 1.68. The monoisotopic (exact) mass is 275 g/mol. The van der Waals surface area contributed by atoms with Crippen molar-refractivity contribution in [3.05, 3.63) is 50.7 Å². The van der Waals surface area contributed by atoms with Crippen LogP contribution in [0.3, 0.4) is 0 Å². The second kappa shape index (κ2) is 5.04. The molecule has 2 aromatic rings. The molecule has 7 heteroatoms. The molecule has 0 saturated heterocycles. The van der Waals surface area contributed by atoms with Gasteiger partial charge in [0.2, 0.25) is 5.88 Å². The van der Waals surface area contributed by atoms with Gasteiger partial charge in [-0.15, -0.1) is 0 Å². The number of hydrogen-bond acceptors (Lipinski definition) is 5. The fourth-order valence-corrected chi connectivity index (χ4v) is 1.68. The molecule has 0 spiro atoms. The van der Waals surface area contributed by atoms with Crippen LogP contribution in [-0.4, -0.2) is 25.6 Å². The average molecular weight is 275 g/mol. The molecule has 1 aromatic heterocycles. The molecule has 7 nitrogen and oxygen atoms in total. The molecule has 0 amide bonds. The van der Waals surface area contributed by atoms with Crippen molar-refractivity contribution < 1.29 is 10.2 Å². The smallest absolute Gasteiger partial charge is 0.333 e. The van der Waals surface area contributed by atoms with Crippen molar-refractivity contribution in [3.63, 3.8) is 0 Å². The maximum atomic E-state index is 11.9. The van der Waals surface area contributed by atoms with E-state index >= 15 is 0 Å². The number of aliphatic imine (C=N–C) groups is 1. The minimum Gasteiger partial charge on any atom is -0.506 e. The third-order valence-corrected chi connectivity index (χ3v) is 2.88. The third-order valence-electron chi connectivity index (χ3n) is 2.88. The summed E-state index contributed by atoms with van der Waals surface area (Å²) >= 11 is 0. The lowest BCUT2D eigenvalue weighted by Gasteiger charge is -2.07.